The fraction of sp³-hybridized carbons (Fsp3) is 0.114. The second-order valence-corrected chi connectivity index (χ2v) is 10.8. The number of fused-ring (bicyclic) bond motifs is 7. The number of hydrogen-bond acceptors (Lipinski definition) is 1. The fourth-order valence-electron chi connectivity index (χ4n) is 6.01. The summed E-state index contributed by atoms with van der Waals surface area (Å²) in [6, 6.07) is 39.0. The van der Waals surface area contributed by atoms with E-state index < -0.39 is 0 Å². The molecule has 6 aromatic rings. The Morgan fingerprint density at radius 1 is 0.700 bits per heavy atom. The zero-order valence-corrected chi connectivity index (χ0v) is 22.8. The summed E-state index contributed by atoms with van der Waals surface area (Å²) in [7, 11) is 0. The first kappa shape index (κ1) is 24.0. The molecule has 2 aromatic heterocycles. The number of aromatic nitrogens is 2. The summed E-state index contributed by atoms with van der Waals surface area (Å²) in [5.41, 5.74) is 7.49. The van der Waals surface area contributed by atoms with Crippen LogP contribution >= 0.6 is 0 Å². The number of hydrogen-bond donors (Lipinski definition) is 1. The second-order valence-electron chi connectivity index (χ2n) is 10.8. The Balaban J connectivity index is 1.49. The van der Waals surface area contributed by atoms with Crippen LogP contribution in [-0.4, -0.2) is 26.6 Å². The Labute approximate surface area is 233 Å². The van der Waals surface area contributed by atoms with E-state index in [-0.39, 0.29) is 11.3 Å². The van der Waals surface area contributed by atoms with Crippen molar-refractivity contribution in [1.82, 2.24) is 9.13 Å². The standard InChI is InChI=1S/C35H29N5/c1-23(37-33(25-16-8-5-9-17-25)38-32(36)24-14-6-4-7-15-24)39-29-20-12-10-18-26(29)27-22-31-35(2,3)28-19-11-13-21-30(28)40(31)34(27)39/h4-22,36H,1-3H3/b36-32?,37-23+,38-33-. The van der Waals surface area contributed by atoms with Gasteiger partial charge in [0.25, 0.3) is 0 Å². The van der Waals surface area contributed by atoms with Gasteiger partial charge in [-0.25, -0.2) is 9.98 Å². The number of para-hydroxylation sites is 2. The van der Waals surface area contributed by atoms with Gasteiger partial charge in [-0.15, -0.1) is 0 Å². The molecule has 4 aromatic carbocycles. The summed E-state index contributed by atoms with van der Waals surface area (Å²) < 4.78 is 4.64. The lowest BCUT2D eigenvalue weighted by Crippen LogP contribution is -2.16. The van der Waals surface area contributed by atoms with Gasteiger partial charge in [-0.05, 0) is 30.7 Å². The van der Waals surface area contributed by atoms with Crippen LogP contribution in [0, 0.1) is 5.41 Å². The summed E-state index contributed by atoms with van der Waals surface area (Å²) in [6.07, 6.45) is 0. The van der Waals surface area contributed by atoms with Crippen molar-refractivity contribution in [3.8, 4) is 5.69 Å². The summed E-state index contributed by atoms with van der Waals surface area (Å²) >= 11 is 0. The van der Waals surface area contributed by atoms with Gasteiger partial charge in [0.1, 0.15) is 11.5 Å². The van der Waals surface area contributed by atoms with E-state index in [2.05, 4.69) is 77.6 Å². The maximum Gasteiger partial charge on any atom is 0.163 e. The molecule has 0 bridgehead atoms. The van der Waals surface area contributed by atoms with E-state index in [0.717, 1.165) is 28.1 Å². The molecule has 5 heteroatoms. The van der Waals surface area contributed by atoms with E-state index >= 15 is 0 Å². The van der Waals surface area contributed by atoms with E-state index in [0.29, 0.717) is 5.84 Å². The molecule has 1 N–H and O–H groups in total. The van der Waals surface area contributed by atoms with Crippen LogP contribution in [-0.2, 0) is 5.41 Å². The van der Waals surface area contributed by atoms with Crippen molar-refractivity contribution in [1.29, 1.82) is 5.41 Å². The highest BCUT2D eigenvalue weighted by Gasteiger charge is 2.38. The number of rotatable bonds is 2. The summed E-state index contributed by atoms with van der Waals surface area (Å²) in [6.45, 7) is 6.63. The number of nitrogens with zero attached hydrogens (tertiary/aromatic N) is 4. The average Bonchev–Trinajstić information content (AvgIpc) is 3.59. The zero-order chi connectivity index (χ0) is 27.4. The highest BCUT2D eigenvalue weighted by Crippen LogP contribution is 2.47. The molecule has 1 aliphatic heterocycles. The van der Waals surface area contributed by atoms with Crippen molar-refractivity contribution in [2.24, 2.45) is 9.98 Å². The lowest BCUT2D eigenvalue weighted by molar-refractivity contribution is 0.644. The molecule has 5 nitrogen and oxygen atoms in total. The van der Waals surface area contributed by atoms with Gasteiger partial charge in [-0.1, -0.05) is 111 Å². The first-order chi connectivity index (χ1) is 19.4. The third-order valence-corrected chi connectivity index (χ3v) is 7.97. The minimum absolute atomic E-state index is 0.117. The lowest BCUT2D eigenvalue weighted by Gasteiger charge is -2.18. The normalized spacial score (nSPS) is 14.5. The third-order valence-electron chi connectivity index (χ3n) is 7.97. The molecule has 0 radical (unpaired) electrons. The van der Waals surface area contributed by atoms with Crippen molar-refractivity contribution in [2.45, 2.75) is 26.2 Å². The van der Waals surface area contributed by atoms with Gasteiger partial charge in [0.15, 0.2) is 11.7 Å². The summed E-state index contributed by atoms with van der Waals surface area (Å²) in [5.74, 6) is 1.47. The molecular weight excluding hydrogens is 490 g/mol. The molecule has 0 atom stereocenters. The zero-order valence-electron chi connectivity index (χ0n) is 22.8. The SMILES string of the molecule is C/C(=N\C(=N/C(=N)c1ccccc1)c1ccccc1)n1c2ccccc2c2cc3n(c21)-c1ccccc1C3(C)C. The van der Waals surface area contributed by atoms with E-state index in [1.165, 1.54) is 27.7 Å². The maximum absolute atomic E-state index is 8.72. The topological polar surface area (TPSA) is 58.4 Å². The van der Waals surface area contributed by atoms with Crippen LogP contribution in [0.2, 0.25) is 0 Å². The molecule has 0 amide bonds. The number of amidine groups is 2. The largest absolute Gasteiger partial charge is 0.298 e. The van der Waals surface area contributed by atoms with E-state index in [9.17, 15) is 0 Å². The van der Waals surface area contributed by atoms with Gasteiger partial charge in [0.05, 0.1) is 11.2 Å². The Morgan fingerprint density at radius 3 is 2.08 bits per heavy atom. The van der Waals surface area contributed by atoms with Crippen LogP contribution in [0.25, 0.3) is 27.6 Å². The van der Waals surface area contributed by atoms with Crippen molar-refractivity contribution >= 4 is 39.4 Å². The minimum Gasteiger partial charge on any atom is -0.298 e. The van der Waals surface area contributed by atoms with Crippen molar-refractivity contribution < 1.29 is 0 Å². The monoisotopic (exact) mass is 519 g/mol. The van der Waals surface area contributed by atoms with Crippen molar-refractivity contribution in [3.05, 3.63) is 138 Å². The van der Waals surface area contributed by atoms with E-state index in [1.807, 2.05) is 67.6 Å². The second kappa shape index (κ2) is 9.02. The number of nitrogens with one attached hydrogen (secondary N) is 1. The molecule has 0 aliphatic carbocycles. The average molecular weight is 520 g/mol. The van der Waals surface area contributed by atoms with Gasteiger partial charge in [0, 0.05) is 33.0 Å². The van der Waals surface area contributed by atoms with Gasteiger partial charge in [-0.2, -0.15) is 0 Å². The quantitative estimate of drug-likeness (QED) is 0.178. The molecule has 40 heavy (non-hydrogen) atoms. The number of aliphatic imine (C=N–C) groups is 2. The molecule has 0 fully saturated rings. The first-order valence-electron chi connectivity index (χ1n) is 13.5. The highest BCUT2D eigenvalue weighted by atomic mass is 15.2. The van der Waals surface area contributed by atoms with Gasteiger partial charge < -0.3 is 0 Å². The lowest BCUT2D eigenvalue weighted by atomic mass is 9.83. The molecular formula is C35H29N5. The molecule has 7 rings (SSSR count). The summed E-state index contributed by atoms with van der Waals surface area (Å²) in [5, 5.41) is 11.1. The minimum atomic E-state index is -0.117. The molecule has 1 aliphatic rings. The highest BCUT2D eigenvalue weighted by molar-refractivity contribution is 6.18. The van der Waals surface area contributed by atoms with Crippen molar-refractivity contribution in [3.63, 3.8) is 0 Å². The van der Waals surface area contributed by atoms with Crippen LogP contribution in [0.5, 0.6) is 0 Å². The predicted molar refractivity (Wildman–Crippen MR) is 166 cm³/mol. The first-order valence-corrected chi connectivity index (χ1v) is 13.5. The van der Waals surface area contributed by atoms with Crippen LogP contribution in [0.1, 0.15) is 43.2 Å². The molecule has 0 saturated carbocycles. The molecule has 3 heterocycles. The Kier molecular flexibility index (Phi) is 5.42. The predicted octanol–water partition coefficient (Wildman–Crippen LogP) is 7.96. The molecule has 0 spiro atoms. The van der Waals surface area contributed by atoms with E-state index in [4.69, 9.17) is 15.4 Å². The van der Waals surface area contributed by atoms with Crippen LogP contribution < -0.4 is 0 Å². The fourth-order valence-corrected chi connectivity index (χ4v) is 6.01. The third kappa shape index (κ3) is 3.58. The maximum atomic E-state index is 8.72. The number of benzene rings is 4. The van der Waals surface area contributed by atoms with Crippen LogP contribution in [0.15, 0.2) is 125 Å². The smallest absolute Gasteiger partial charge is 0.163 e. The van der Waals surface area contributed by atoms with Crippen LogP contribution in [0.4, 0.5) is 0 Å². The van der Waals surface area contributed by atoms with Gasteiger partial charge in [-0.3, -0.25) is 14.5 Å². The Hall–Kier alpha value is -5.03. The van der Waals surface area contributed by atoms with Crippen LogP contribution in [0.3, 0.4) is 0 Å². The Morgan fingerprint density at radius 2 is 1.32 bits per heavy atom. The summed E-state index contributed by atoms with van der Waals surface area (Å²) in [4.78, 5) is 9.87. The molecule has 194 valence electrons. The van der Waals surface area contributed by atoms with Gasteiger partial charge >= 0.3 is 0 Å². The molecule has 0 unspecified atom stereocenters. The Bertz CT molecular complexity index is 1990. The van der Waals surface area contributed by atoms with E-state index in [1.54, 1.807) is 0 Å². The van der Waals surface area contributed by atoms with Gasteiger partial charge in [0.2, 0.25) is 0 Å². The molecule has 0 saturated heterocycles. The van der Waals surface area contributed by atoms with Crippen molar-refractivity contribution in [2.75, 3.05) is 0 Å².